The van der Waals surface area contributed by atoms with Crippen molar-refractivity contribution in [3.63, 3.8) is 0 Å². The van der Waals surface area contributed by atoms with E-state index in [0.29, 0.717) is 16.7 Å². The maximum absolute atomic E-state index is 12.2. The SMILES string of the molecule is CNc1cccc2c1[nH]c1cc(=NC(=O)Oc3ccc(Br)cc3)cccc12.O=C(O)CNC(=O)c1ccccc1. The van der Waals surface area contributed by atoms with Gasteiger partial charge in [0, 0.05) is 33.4 Å². The van der Waals surface area contributed by atoms with Gasteiger partial charge in [0.2, 0.25) is 0 Å². The summed E-state index contributed by atoms with van der Waals surface area (Å²) < 4.78 is 6.18. The van der Waals surface area contributed by atoms with Crippen LogP contribution < -0.4 is 20.7 Å². The predicted molar refractivity (Wildman–Crippen MR) is 157 cm³/mol. The fourth-order valence-electron chi connectivity index (χ4n) is 3.85. The normalized spacial score (nSPS) is 10.9. The molecule has 0 radical (unpaired) electrons. The third kappa shape index (κ3) is 7.33. The van der Waals surface area contributed by atoms with Crippen LogP contribution in [0.25, 0.3) is 21.8 Å². The monoisotopic (exact) mass is 600 g/mol. The Kier molecular flexibility index (Phi) is 9.27. The van der Waals surface area contributed by atoms with E-state index in [1.54, 1.807) is 60.7 Å². The quantitative estimate of drug-likeness (QED) is 0.204. The highest BCUT2D eigenvalue weighted by Gasteiger charge is 2.07. The van der Waals surface area contributed by atoms with Crippen LogP contribution in [0.15, 0.2) is 107 Å². The number of nitrogens with one attached hydrogen (secondary N) is 3. The average Bonchev–Trinajstić information content (AvgIpc) is 3.18. The molecule has 10 heteroatoms. The lowest BCUT2D eigenvalue weighted by molar-refractivity contribution is -0.135. The number of carboxylic acid groups (broad SMARTS) is 1. The van der Waals surface area contributed by atoms with E-state index in [1.165, 1.54) is 0 Å². The number of halogens is 1. The van der Waals surface area contributed by atoms with Crippen LogP contribution in [-0.2, 0) is 4.79 Å². The summed E-state index contributed by atoms with van der Waals surface area (Å²) in [7, 11) is 1.89. The van der Waals surface area contributed by atoms with E-state index in [0.717, 1.165) is 32.0 Å². The first-order valence-electron chi connectivity index (χ1n) is 12.1. The van der Waals surface area contributed by atoms with Crippen LogP contribution in [0, 0.1) is 0 Å². The zero-order valence-corrected chi connectivity index (χ0v) is 22.9. The molecule has 4 aromatic carbocycles. The zero-order chi connectivity index (χ0) is 28.5. The number of fused-ring (bicyclic) bond motifs is 3. The van der Waals surface area contributed by atoms with Gasteiger partial charge in [-0.15, -0.1) is 0 Å². The van der Waals surface area contributed by atoms with Gasteiger partial charge in [-0.05, 0) is 54.6 Å². The van der Waals surface area contributed by atoms with Crippen LogP contribution in [0.5, 0.6) is 5.75 Å². The Balaban J connectivity index is 0.000000240. The Morgan fingerprint density at radius 2 is 1.60 bits per heavy atom. The van der Waals surface area contributed by atoms with Crippen molar-refractivity contribution in [3.8, 4) is 5.75 Å². The van der Waals surface area contributed by atoms with Gasteiger partial charge in [-0.2, -0.15) is 4.99 Å². The van der Waals surface area contributed by atoms with Gasteiger partial charge in [-0.1, -0.05) is 58.4 Å². The number of aromatic nitrogens is 1. The number of ether oxygens (including phenoxy) is 1. The molecule has 5 rings (SSSR count). The van der Waals surface area contributed by atoms with Crippen molar-refractivity contribution in [1.82, 2.24) is 10.3 Å². The minimum absolute atomic E-state index is 0.353. The van der Waals surface area contributed by atoms with Crippen LogP contribution in [0.4, 0.5) is 10.5 Å². The molecular weight excluding hydrogens is 576 g/mol. The molecule has 2 amide bonds. The first-order chi connectivity index (χ1) is 19.3. The van der Waals surface area contributed by atoms with Crippen LogP contribution in [0.1, 0.15) is 10.4 Å². The molecule has 0 aliphatic heterocycles. The van der Waals surface area contributed by atoms with Crippen LogP contribution in [-0.4, -0.2) is 41.7 Å². The number of aromatic amines is 1. The Morgan fingerprint density at radius 3 is 2.30 bits per heavy atom. The number of para-hydroxylation sites is 1. The number of H-pyrrole nitrogens is 1. The molecule has 0 bridgehead atoms. The number of carbonyl (C=O) groups is 3. The first-order valence-corrected chi connectivity index (χ1v) is 12.9. The lowest BCUT2D eigenvalue weighted by Gasteiger charge is -2.00. The van der Waals surface area contributed by atoms with Crippen LogP contribution >= 0.6 is 15.9 Å². The second kappa shape index (κ2) is 13.2. The lowest BCUT2D eigenvalue weighted by atomic mass is 10.2. The average molecular weight is 601 g/mol. The van der Waals surface area contributed by atoms with Crippen LogP contribution in [0.2, 0.25) is 0 Å². The maximum atomic E-state index is 12.2. The summed E-state index contributed by atoms with van der Waals surface area (Å²) in [6.07, 6.45) is -0.663. The van der Waals surface area contributed by atoms with Gasteiger partial charge in [0.25, 0.3) is 5.91 Å². The number of anilines is 1. The molecule has 0 aliphatic rings. The van der Waals surface area contributed by atoms with E-state index in [2.05, 4.69) is 42.6 Å². The number of hydrogen-bond acceptors (Lipinski definition) is 5. The molecule has 202 valence electrons. The molecule has 0 atom stereocenters. The molecule has 0 saturated heterocycles. The summed E-state index contributed by atoms with van der Waals surface area (Å²) in [4.78, 5) is 40.9. The van der Waals surface area contributed by atoms with Crippen LogP contribution in [0.3, 0.4) is 0 Å². The van der Waals surface area contributed by atoms with Crippen molar-refractivity contribution in [3.05, 3.63) is 112 Å². The smallest absolute Gasteiger partial charge is 0.439 e. The molecule has 9 nitrogen and oxygen atoms in total. The fourth-order valence-corrected chi connectivity index (χ4v) is 4.11. The zero-order valence-electron chi connectivity index (χ0n) is 21.4. The number of hydrogen-bond donors (Lipinski definition) is 4. The molecular formula is C30H25BrN4O5. The van der Waals surface area contributed by atoms with Crippen molar-refractivity contribution in [2.75, 3.05) is 18.9 Å². The van der Waals surface area contributed by atoms with E-state index >= 15 is 0 Å². The van der Waals surface area contributed by atoms with Crippen molar-refractivity contribution in [2.45, 2.75) is 0 Å². The summed E-state index contributed by atoms with van der Waals surface area (Å²) in [5.74, 6) is -0.978. The lowest BCUT2D eigenvalue weighted by Crippen LogP contribution is -2.29. The highest BCUT2D eigenvalue weighted by atomic mass is 79.9. The van der Waals surface area contributed by atoms with E-state index in [-0.39, 0.29) is 12.5 Å². The van der Waals surface area contributed by atoms with Crippen molar-refractivity contribution in [2.24, 2.45) is 4.99 Å². The summed E-state index contributed by atoms with van der Waals surface area (Å²) in [5, 5.41) is 16.4. The molecule has 40 heavy (non-hydrogen) atoms. The summed E-state index contributed by atoms with van der Waals surface area (Å²) in [6, 6.07) is 29.1. The van der Waals surface area contributed by atoms with Crippen molar-refractivity contribution in [1.29, 1.82) is 0 Å². The van der Waals surface area contributed by atoms with Gasteiger partial charge in [0.1, 0.15) is 12.3 Å². The molecule has 5 aromatic rings. The van der Waals surface area contributed by atoms with Gasteiger partial charge in [-0.25, -0.2) is 4.79 Å². The summed E-state index contributed by atoms with van der Waals surface area (Å²) in [5.41, 5.74) is 3.39. The maximum Gasteiger partial charge on any atom is 0.439 e. The number of carboxylic acids is 1. The molecule has 4 N–H and O–H groups in total. The van der Waals surface area contributed by atoms with Gasteiger partial charge in [0.05, 0.1) is 16.6 Å². The standard InChI is InChI=1S/C21H16BrN3O2.C9H9NO3/c1-23-18-7-3-6-17-16-5-2-4-14(12-19(16)25-20(17)18)24-21(26)27-15-10-8-13(22)9-11-15;11-8(12)6-10-9(13)7-4-2-1-3-5-7/h2-12,23,25H,1H3;1-5H,6H2,(H,10,13)(H,11,12). The minimum atomic E-state index is -1.05. The van der Waals surface area contributed by atoms with Crippen molar-refractivity contribution >= 4 is 61.4 Å². The first kappa shape index (κ1) is 28.1. The second-order valence-electron chi connectivity index (χ2n) is 8.40. The van der Waals surface area contributed by atoms with Crippen molar-refractivity contribution < 1.29 is 24.2 Å². The van der Waals surface area contributed by atoms with Gasteiger partial charge >= 0.3 is 12.1 Å². The molecule has 1 heterocycles. The molecule has 0 fully saturated rings. The highest BCUT2D eigenvalue weighted by molar-refractivity contribution is 9.10. The van der Waals surface area contributed by atoms with Gasteiger partial charge < -0.3 is 25.5 Å². The molecule has 1 aromatic heterocycles. The minimum Gasteiger partial charge on any atom is -0.480 e. The number of benzene rings is 3. The third-order valence-corrected chi connectivity index (χ3v) is 6.20. The topological polar surface area (TPSA) is 133 Å². The summed E-state index contributed by atoms with van der Waals surface area (Å²) >= 11 is 3.35. The Bertz CT molecular complexity index is 1740. The molecule has 0 spiro atoms. The predicted octanol–water partition coefficient (Wildman–Crippen LogP) is 5.73. The van der Waals surface area contributed by atoms with E-state index in [9.17, 15) is 14.4 Å². The third-order valence-electron chi connectivity index (χ3n) is 5.67. The number of amides is 2. The fraction of sp³-hybridized carbons (Fsp3) is 0.0667. The van der Waals surface area contributed by atoms with Gasteiger partial charge in [-0.3, -0.25) is 9.59 Å². The second-order valence-corrected chi connectivity index (χ2v) is 9.32. The highest BCUT2D eigenvalue weighted by Crippen LogP contribution is 2.29. The Hall–Kier alpha value is -4.96. The van der Waals surface area contributed by atoms with Gasteiger partial charge in [0.15, 0.2) is 0 Å². The largest absolute Gasteiger partial charge is 0.480 e. The Morgan fingerprint density at radius 1 is 0.900 bits per heavy atom. The molecule has 0 saturated carbocycles. The van der Waals surface area contributed by atoms with E-state index in [1.807, 2.05) is 37.4 Å². The summed E-state index contributed by atoms with van der Waals surface area (Å²) in [6.45, 7) is -0.353. The van der Waals surface area contributed by atoms with E-state index in [4.69, 9.17) is 9.84 Å². The number of carbonyl (C=O) groups excluding carboxylic acids is 2. The molecule has 0 unspecified atom stereocenters. The number of nitrogens with zero attached hydrogens (tertiary/aromatic N) is 1. The van der Waals surface area contributed by atoms with E-state index < -0.39 is 12.1 Å². The number of aliphatic carboxylic acids is 1. The molecule has 0 aliphatic carbocycles. The number of rotatable bonds is 5. The Labute approximate surface area is 237 Å².